The molecule has 0 radical (unpaired) electrons. The van der Waals surface area contributed by atoms with Gasteiger partial charge in [-0.2, -0.15) is 0 Å². The Morgan fingerprint density at radius 1 is 1.44 bits per heavy atom. The lowest BCUT2D eigenvalue weighted by atomic mass is 10.2. The molecular formula is C10H7BrN2O2S. The monoisotopic (exact) mass is 298 g/mol. The van der Waals surface area contributed by atoms with E-state index in [9.17, 15) is 4.79 Å². The van der Waals surface area contributed by atoms with Gasteiger partial charge in [0.05, 0.1) is 12.0 Å². The van der Waals surface area contributed by atoms with Crippen LogP contribution >= 0.6 is 27.3 Å². The zero-order valence-electron chi connectivity index (χ0n) is 8.31. The van der Waals surface area contributed by atoms with Crippen LogP contribution in [0.5, 0.6) is 5.88 Å². The Morgan fingerprint density at radius 2 is 2.19 bits per heavy atom. The second-order valence-corrected chi connectivity index (χ2v) is 4.61. The van der Waals surface area contributed by atoms with Gasteiger partial charge in [-0.15, -0.1) is 11.3 Å². The summed E-state index contributed by atoms with van der Waals surface area (Å²) in [5, 5.41) is 1.83. The molecule has 0 aliphatic heterocycles. The highest BCUT2D eigenvalue weighted by Gasteiger charge is 2.20. The van der Waals surface area contributed by atoms with Crippen LogP contribution in [0.4, 0.5) is 0 Å². The van der Waals surface area contributed by atoms with Gasteiger partial charge in [0.2, 0.25) is 11.7 Å². The molecule has 0 saturated heterocycles. The van der Waals surface area contributed by atoms with Gasteiger partial charge in [-0.25, -0.2) is 9.97 Å². The van der Waals surface area contributed by atoms with Crippen molar-refractivity contribution < 1.29 is 9.53 Å². The van der Waals surface area contributed by atoms with Crippen molar-refractivity contribution >= 4 is 33.0 Å². The summed E-state index contributed by atoms with van der Waals surface area (Å²) in [5.74, 6) is 0.0552. The van der Waals surface area contributed by atoms with E-state index in [4.69, 9.17) is 4.74 Å². The quantitative estimate of drug-likeness (QED) is 0.817. The summed E-state index contributed by atoms with van der Waals surface area (Å²) < 4.78 is 5.76. The van der Waals surface area contributed by atoms with Gasteiger partial charge in [0.25, 0.3) is 0 Å². The highest BCUT2D eigenvalue weighted by Crippen LogP contribution is 2.26. The molecule has 0 atom stereocenters. The third kappa shape index (κ3) is 1.98. The summed E-state index contributed by atoms with van der Waals surface area (Å²) >= 11 is 4.66. The number of ether oxygens (including phenoxy) is 1. The predicted molar refractivity (Wildman–Crippen MR) is 64.0 cm³/mol. The first-order chi connectivity index (χ1) is 7.74. The fraction of sp³-hybridized carbons (Fsp3) is 0.100. The number of hydrogen-bond donors (Lipinski definition) is 0. The van der Waals surface area contributed by atoms with Crippen LogP contribution in [0.2, 0.25) is 0 Å². The Bertz CT molecular complexity index is 527. The van der Waals surface area contributed by atoms with Crippen molar-refractivity contribution in [2.45, 2.75) is 0 Å². The van der Waals surface area contributed by atoms with E-state index in [2.05, 4.69) is 25.9 Å². The summed E-state index contributed by atoms with van der Waals surface area (Å²) in [5.41, 5.74) is 0.230. The molecule has 2 aromatic rings. The number of hydrogen-bond acceptors (Lipinski definition) is 5. The largest absolute Gasteiger partial charge is 0.479 e. The number of halogens is 1. The number of nitrogens with zero attached hydrogens (tertiary/aromatic N) is 2. The first-order valence-electron chi connectivity index (χ1n) is 4.36. The Hall–Kier alpha value is -1.27. The molecule has 0 bridgehead atoms. The number of carbonyl (C=O) groups excluding carboxylic acids is 1. The van der Waals surface area contributed by atoms with Gasteiger partial charge in [-0.3, -0.25) is 4.79 Å². The zero-order valence-corrected chi connectivity index (χ0v) is 10.7. The van der Waals surface area contributed by atoms with Gasteiger partial charge >= 0.3 is 0 Å². The summed E-state index contributed by atoms with van der Waals surface area (Å²) in [6.07, 6.45) is 2.95. The molecule has 0 aromatic carbocycles. The molecule has 16 heavy (non-hydrogen) atoms. The van der Waals surface area contributed by atoms with Gasteiger partial charge in [0.15, 0.2) is 5.69 Å². The molecule has 82 valence electrons. The smallest absolute Gasteiger partial charge is 0.243 e. The third-order valence-electron chi connectivity index (χ3n) is 1.90. The van der Waals surface area contributed by atoms with E-state index in [-0.39, 0.29) is 17.4 Å². The molecule has 6 heteroatoms. The fourth-order valence-electron chi connectivity index (χ4n) is 1.19. The Balaban J connectivity index is 2.46. The summed E-state index contributed by atoms with van der Waals surface area (Å²) in [7, 11) is 1.46. The maximum absolute atomic E-state index is 12.1. The van der Waals surface area contributed by atoms with Crippen molar-refractivity contribution in [2.24, 2.45) is 0 Å². The number of aromatic nitrogens is 2. The van der Waals surface area contributed by atoms with E-state index in [0.717, 1.165) is 4.47 Å². The van der Waals surface area contributed by atoms with Crippen molar-refractivity contribution in [1.29, 1.82) is 0 Å². The highest BCUT2D eigenvalue weighted by molar-refractivity contribution is 9.10. The Morgan fingerprint density at radius 3 is 2.81 bits per heavy atom. The number of ketones is 1. The van der Waals surface area contributed by atoms with E-state index in [1.165, 1.54) is 30.8 Å². The highest BCUT2D eigenvalue weighted by atomic mass is 79.9. The van der Waals surface area contributed by atoms with E-state index < -0.39 is 0 Å². The molecule has 0 spiro atoms. The minimum atomic E-state index is -0.188. The molecular weight excluding hydrogens is 292 g/mol. The molecule has 0 amide bonds. The predicted octanol–water partition coefficient (Wildman–Crippen LogP) is 2.54. The number of carbonyl (C=O) groups is 1. The van der Waals surface area contributed by atoms with Crippen LogP contribution in [-0.4, -0.2) is 22.9 Å². The van der Waals surface area contributed by atoms with Crippen molar-refractivity contribution in [1.82, 2.24) is 9.97 Å². The zero-order chi connectivity index (χ0) is 11.5. The Labute approximate surface area is 104 Å². The number of rotatable bonds is 3. The van der Waals surface area contributed by atoms with Gasteiger partial charge < -0.3 is 4.74 Å². The fourth-order valence-corrected chi connectivity index (χ4v) is 2.69. The molecule has 0 N–H and O–H groups in total. The van der Waals surface area contributed by atoms with Crippen LogP contribution < -0.4 is 4.74 Å². The molecule has 2 rings (SSSR count). The first-order valence-corrected chi connectivity index (χ1v) is 6.04. The minimum absolute atomic E-state index is 0.188. The molecule has 0 saturated carbocycles. The molecule has 0 fully saturated rings. The normalized spacial score (nSPS) is 10.1. The summed E-state index contributed by atoms with van der Waals surface area (Å²) in [6.45, 7) is 0. The SMILES string of the molecule is COc1nccnc1C(=O)c1sccc1Br. The molecule has 0 unspecified atom stereocenters. The lowest BCUT2D eigenvalue weighted by Gasteiger charge is -2.03. The molecule has 0 aliphatic carbocycles. The second kappa shape index (κ2) is 4.71. The molecule has 2 heterocycles. The Kier molecular flexibility index (Phi) is 3.31. The van der Waals surface area contributed by atoms with E-state index in [1.54, 1.807) is 0 Å². The average molecular weight is 299 g/mol. The van der Waals surface area contributed by atoms with Crippen LogP contribution in [0.15, 0.2) is 28.3 Å². The van der Waals surface area contributed by atoms with Crippen LogP contribution in [0.3, 0.4) is 0 Å². The van der Waals surface area contributed by atoms with E-state index in [0.29, 0.717) is 4.88 Å². The van der Waals surface area contributed by atoms with Crippen molar-refractivity contribution in [3.8, 4) is 5.88 Å². The van der Waals surface area contributed by atoms with Gasteiger partial charge in [-0.1, -0.05) is 0 Å². The molecule has 4 nitrogen and oxygen atoms in total. The van der Waals surface area contributed by atoms with Crippen LogP contribution in [0, 0.1) is 0 Å². The molecule has 2 aromatic heterocycles. The lowest BCUT2D eigenvalue weighted by molar-refractivity contribution is 0.103. The topological polar surface area (TPSA) is 52.1 Å². The van der Waals surface area contributed by atoms with Gasteiger partial charge in [0.1, 0.15) is 0 Å². The van der Waals surface area contributed by atoms with Crippen LogP contribution in [0.25, 0.3) is 0 Å². The van der Waals surface area contributed by atoms with Crippen molar-refractivity contribution in [3.63, 3.8) is 0 Å². The van der Waals surface area contributed by atoms with E-state index in [1.807, 2.05) is 11.4 Å². The van der Waals surface area contributed by atoms with Gasteiger partial charge in [0, 0.05) is 16.9 Å². The summed E-state index contributed by atoms with van der Waals surface area (Å²) in [4.78, 5) is 20.6. The number of thiophene rings is 1. The van der Waals surface area contributed by atoms with E-state index >= 15 is 0 Å². The second-order valence-electron chi connectivity index (χ2n) is 2.84. The maximum Gasteiger partial charge on any atom is 0.243 e. The maximum atomic E-state index is 12.1. The lowest BCUT2D eigenvalue weighted by Crippen LogP contribution is -2.06. The minimum Gasteiger partial charge on any atom is -0.479 e. The average Bonchev–Trinajstić information content (AvgIpc) is 2.74. The molecule has 0 aliphatic rings. The van der Waals surface area contributed by atoms with Crippen LogP contribution in [-0.2, 0) is 0 Å². The standard InChI is InChI=1S/C10H7BrN2O2S/c1-15-10-7(12-3-4-13-10)8(14)9-6(11)2-5-16-9/h2-5H,1H3. The van der Waals surface area contributed by atoms with Crippen molar-refractivity contribution in [3.05, 3.63) is 38.9 Å². The number of methoxy groups -OCH3 is 1. The van der Waals surface area contributed by atoms with Crippen LogP contribution in [0.1, 0.15) is 15.4 Å². The first kappa shape index (κ1) is 11.2. The third-order valence-corrected chi connectivity index (χ3v) is 3.73. The van der Waals surface area contributed by atoms with Crippen molar-refractivity contribution in [2.75, 3.05) is 7.11 Å². The summed E-state index contributed by atoms with van der Waals surface area (Å²) in [6, 6.07) is 1.82. The van der Waals surface area contributed by atoms with Gasteiger partial charge in [-0.05, 0) is 27.4 Å².